The van der Waals surface area contributed by atoms with Crippen molar-refractivity contribution >= 4 is 16.3 Å². The SMILES string of the molecule is Cc1cccc([C@@H](C)NCc2cn3ccsc3n2)c1. The van der Waals surface area contributed by atoms with Crippen molar-refractivity contribution in [2.24, 2.45) is 0 Å². The molecule has 3 nitrogen and oxygen atoms in total. The molecule has 19 heavy (non-hydrogen) atoms. The summed E-state index contributed by atoms with van der Waals surface area (Å²) in [6.07, 6.45) is 4.13. The van der Waals surface area contributed by atoms with Gasteiger partial charge in [-0.05, 0) is 19.4 Å². The lowest BCUT2D eigenvalue weighted by atomic mass is 10.1. The quantitative estimate of drug-likeness (QED) is 0.786. The van der Waals surface area contributed by atoms with Crippen LogP contribution in [0.3, 0.4) is 0 Å². The molecule has 1 aromatic carbocycles. The first-order valence-corrected chi connectivity index (χ1v) is 7.31. The molecule has 1 atom stereocenters. The lowest BCUT2D eigenvalue weighted by Crippen LogP contribution is -2.18. The molecule has 3 rings (SSSR count). The first kappa shape index (κ1) is 12.4. The second kappa shape index (κ2) is 5.15. The second-order valence-electron chi connectivity index (χ2n) is 4.84. The number of aromatic nitrogens is 2. The maximum Gasteiger partial charge on any atom is 0.193 e. The molecule has 0 saturated heterocycles. The van der Waals surface area contributed by atoms with Crippen LogP contribution in [0.1, 0.15) is 29.8 Å². The minimum Gasteiger partial charge on any atom is -0.305 e. The van der Waals surface area contributed by atoms with Crippen LogP contribution in [0.5, 0.6) is 0 Å². The number of rotatable bonds is 4. The summed E-state index contributed by atoms with van der Waals surface area (Å²) in [6.45, 7) is 5.11. The molecule has 4 heteroatoms. The summed E-state index contributed by atoms with van der Waals surface area (Å²) < 4.78 is 2.07. The predicted molar refractivity (Wildman–Crippen MR) is 79.5 cm³/mol. The van der Waals surface area contributed by atoms with Crippen LogP contribution in [-0.4, -0.2) is 9.38 Å². The number of benzene rings is 1. The molecule has 2 heterocycles. The first-order valence-electron chi connectivity index (χ1n) is 6.43. The maximum atomic E-state index is 4.57. The number of thiazole rings is 1. The molecule has 0 bridgehead atoms. The summed E-state index contributed by atoms with van der Waals surface area (Å²) in [5, 5.41) is 5.57. The van der Waals surface area contributed by atoms with Gasteiger partial charge in [-0.2, -0.15) is 0 Å². The molecule has 3 aromatic rings. The van der Waals surface area contributed by atoms with E-state index in [1.807, 2.05) is 6.20 Å². The molecule has 0 radical (unpaired) electrons. The molecule has 2 aromatic heterocycles. The minimum absolute atomic E-state index is 0.333. The van der Waals surface area contributed by atoms with Gasteiger partial charge in [0, 0.05) is 30.4 Å². The van der Waals surface area contributed by atoms with Gasteiger partial charge in [0.05, 0.1) is 5.69 Å². The minimum atomic E-state index is 0.333. The third-order valence-corrected chi connectivity index (χ3v) is 4.05. The summed E-state index contributed by atoms with van der Waals surface area (Å²) >= 11 is 1.66. The van der Waals surface area contributed by atoms with Crippen molar-refractivity contribution in [3.05, 3.63) is 58.9 Å². The first-order chi connectivity index (χ1) is 9.22. The van der Waals surface area contributed by atoms with Crippen molar-refractivity contribution in [3.63, 3.8) is 0 Å². The van der Waals surface area contributed by atoms with Gasteiger partial charge < -0.3 is 5.32 Å². The van der Waals surface area contributed by atoms with Crippen LogP contribution < -0.4 is 5.32 Å². The molecule has 0 fully saturated rings. The number of hydrogen-bond acceptors (Lipinski definition) is 3. The molecule has 0 aliphatic carbocycles. The van der Waals surface area contributed by atoms with E-state index >= 15 is 0 Å². The molecule has 0 unspecified atom stereocenters. The Kier molecular flexibility index (Phi) is 3.36. The monoisotopic (exact) mass is 271 g/mol. The van der Waals surface area contributed by atoms with Crippen LogP contribution in [0.15, 0.2) is 42.0 Å². The summed E-state index contributed by atoms with van der Waals surface area (Å²) in [4.78, 5) is 5.63. The highest BCUT2D eigenvalue weighted by molar-refractivity contribution is 7.15. The van der Waals surface area contributed by atoms with E-state index in [9.17, 15) is 0 Å². The fourth-order valence-corrected chi connectivity index (χ4v) is 2.90. The van der Waals surface area contributed by atoms with Crippen LogP contribution >= 0.6 is 11.3 Å². The summed E-state index contributed by atoms with van der Waals surface area (Å²) in [7, 11) is 0. The van der Waals surface area contributed by atoms with Crippen molar-refractivity contribution in [3.8, 4) is 0 Å². The van der Waals surface area contributed by atoms with E-state index in [4.69, 9.17) is 0 Å². The van der Waals surface area contributed by atoms with Gasteiger partial charge in [0.2, 0.25) is 0 Å². The molecule has 1 N–H and O–H groups in total. The Hall–Kier alpha value is -1.65. The molecular formula is C15H17N3S. The third-order valence-electron chi connectivity index (χ3n) is 3.27. The second-order valence-corrected chi connectivity index (χ2v) is 5.71. The van der Waals surface area contributed by atoms with E-state index in [1.54, 1.807) is 11.3 Å². The highest BCUT2D eigenvalue weighted by Crippen LogP contribution is 2.15. The highest BCUT2D eigenvalue weighted by atomic mass is 32.1. The fraction of sp³-hybridized carbons (Fsp3) is 0.267. The fourth-order valence-electron chi connectivity index (χ4n) is 2.18. The maximum absolute atomic E-state index is 4.57. The zero-order chi connectivity index (χ0) is 13.2. The van der Waals surface area contributed by atoms with Gasteiger partial charge in [-0.1, -0.05) is 29.8 Å². The number of imidazole rings is 1. The van der Waals surface area contributed by atoms with E-state index in [-0.39, 0.29) is 0 Å². The molecule has 0 aliphatic heterocycles. The molecule has 0 amide bonds. The van der Waals surface area contributed by atoms with Gasteiger partial charge in [0.1, 0.15) is 0 Å². The summed E-state index contributed by atoms with van der Waals surface area (Å²) in [6, 6.07) is 8.95. The standard InChI is InChI=1S/C15H17N3S/c1-11-4-3-5-13(8-11)12(2)16-9-14-10-18-6-7-19-15(18)17-14/h3-8,10,12,16H,9H2,1-2H3/t12-/m1/s1. The van der Waals surface area contributed by atoms with Crippen LogP contribution in [0.2, 0.25) is 0 Å². The lowest BCUT2D eigenvalue weighted by Gasteiger charge is -2.13. The van der Waals surface area contributed by atoms with E-state index in [1.165, 1.54) is 11.1 Å². The Bertz CT molecular complexity index is 655. The smallest absolute Gasteiger partial charge is 0.193 e. The van der Waals surface area contributed by atoms with Crippen LogP contribution in [0.4, 0.5) is 0 Å². The Morgan fingerprint density at radius 1 is 1.42 bits per heavy atom. The highest BCUT2D eigenvalue weighted by Gasteiger charge is 2.07. The Morgan fingerprint density at radius 3 is 3.11 bits per heavy atom. The van der Waals surface area contributed by atoms with Crippen LogP contribution in [-0.2, 0) is 6.54 Å². The molecule has 0 aliphatic rings. The van der Waals surface area contributed by atoms with Crippen molar-refractivity contribution in [2.45, 2.75) is 26.4 Å². The number of nitrogens with one attached hydrogen (secondary N) is 1. The topological polar surface area (TPSA) is 29.3 Å². The van der Waals surface area contributed by atoms with Crippen LogP contribution in [0.25, 0.3) is 4.96 Å². The third kappa shape index (κ3) is 2.69. The van der Waals surface area contributed by atoms with Gasteiger partial charge >= 0.3 is 0 Å². The number of hydrogen-bond donors (Lipinski definition) is 1. The largest absolute Gasteiger partial charge is 0.305 e. The average molecular weight is 271 g/mol. The molecule has 0 saturated carbocycles. The van der Waals surface area contributed by atoms with Gasteiger partial charge in [0.15, 0.2) is 4.96 Å². The number of fused-ring (bicyclic) bond motifs is 1. The van der Waals surface area contributed by atoms with Crippen LogP contribution in [0, 0.1) is 6.92 Å². The van der Waals surface area contributed by atoms with Crippen molar-refractivity contribution in [1.82, 2.24) is 14.7 Å². The van der Waals surface area contributed by atoms with E-state index in [2.05, 4.69) is 64.4 Å². The Labute approximate surface area is 116 Å². The Morgan fingerprint density at radius 2 is 2.32 bits per heavy atom. The van der Waals surface area contributed by atoms with E-state index < -0.39 is 0 Å². The molecule has 98 valence electrons. The number of aryl methyl sites for hydroxylation is 1. The van der Waals surface area contributed by atoms with Crippen molar-refractivity contribution in [1.29, 1.82) is 0 Å². The zero-order valence-corrected chi connectivity index (χ0v) is 11.9. The van der Waals surface area contributed by atoms with Gasteiger partial charge in [-0.3, -0.25) is 4.40 Å². The van der Waals surface area contributed by atoms with Crippen molar-refractivity contribution in [2.75, 3.05) is 0 Å². The zero-order valence-electron chi connectivity index (χ0n) is 11.1. The average Bonchev–Trinajstić information content (AvgIpc) is 2.96. The summed E-state index contributed by atoms with van der Waals surface area (Å²) in [5.74, 6) is 0. The van der Waals surface area contributed by atoms with E-state index in [0.29, 0.717) is 6.04 Å². The normalized spacial score (nSPS) is 12.9. The van der Waals surface area contributed by atoms with Gasteiger partial charge in [0.25, 0.3) is 0 Å². The van der Waals surface area contributed by atoms with E-state index in [0.717, 1.165) is 17.2 Å². The number of nitrogens with zero attached hydrogens (tertiary/aromatic N) is 2. The molecule has 0 spiro atoms. The molecular weight excluding hydrogens is 254 g/mol. The Balaban J connectivity index is 1.67. The van der Waals surface area contributed by atoms with Crippen molar-refractivity contribution < 1.29 is 0 Å². The lowest BCUT2D eigenvalue weighted by molar-refractivity contribution is 0.569. The predicted octanol–water partition coefficient (Wildman–Crippen LogP) is 3.56. The van der Waals surface area contributed by atoms with Gasteiger partial charge in [-0.25, -0.2) is 4.98 Å². The summed E-state index contributed by atoms with van der Waals surface area (Å²) in [5.41, 5.74) is 3.71. The van der Waals surface area contributed by atoms with Gasteiger partial charge in [-0.15, -0.1) is 11.3 Å².